The van der Waals surface area contributed by atoms with Crippen molar-refractivity contribution in [3.05, 3.63) is 65.4 Å². The van der Waals surface area contributed by atoms with Crippen LogP contribution >= 0.6 is 0 Å². The van der Waals surface area contributed by atoms with Gasteiger partial charge in [0.05, 0.1) is 5.56 Å². The first-order valence-corrected chi connectivity index (χ1v) is 7.02. The fourth-order valence-electron chi connectivity index (χ4n) is 2.28. The van der Waals surface area contributed by atoms with E-state index in [1.807, 2.05) is 25.1 Å². The number of fused-ring (bicyclic) bond motifs is 1. The van der Waals surface area contributed by atoms with Gasteiger partial charge in [-0.3, -0.25) is 20.4 Å². The Hall–Kier alpha value is -3.28. The summed E-state index contributed by atoms with van der Waals surface area (Å²) in [5, 5.41) is 10.5. The van der Waals surface area contributed by atoms with Gasteiger partial charge in [0.2, 0.25) is 0 Å². The highest BCUT2D eigenvalue weighted by atomic mass is 16.3. The summed E-state index contributed by atoms with van der Waals surface area (Å²) >= 11 is 0. The number of H-pyrrole nitrogens is 1. The van der Waals surface area contributed by atoms with Gasteiger partial charge in [-0.1, -0.05) is 24.3 Å². The van der Waals surface area contributed by atoms with Crippen molar-refractivity contribution < 1.29 is 14.7 Å². The van der Waals surface area contributed by atoms with Gasteiger partial charge in [0, 0.05) is 10.9 Å². The third-order valence-electron chi connectivity index (χ3n) is 3.46. The smallest absolute Gasteiger partial charge is 0.286 e. The lowest BCUT2D eigenvalue weighted by Crippen LogP contribution is -2.41. The highest BCUT2D eigenvalue weighted by Gasteiger charge is 2.13. The Morgan fingerprint density at radius 3 is 2.52 bits per heavy atom. The van der Waals surface area contributed by atoms with Crippen molar-refractivity contribution in [2.24, 2.45) is 0 Å². The Bertz CT molecular complexity index is 899. The zero-order valence-electron chi connectivity index (χ0n) is 12.4. The molecule has 0 aliphatic carbocycles. The molecule has 2 amide bonds. The topological polar surface area (TPSA) is 94.2 Å². The summed E-state index contributed by atoms with van der Waals surface area (Å²) < 4.78 is 0. The van der Waals surface area contributed by atoms with Crippen LogP contribution < -0.4 is 10.9 Å². The van der Waals surface area contributed by atoms with Gasteiger partial charge >= 0.3 is 0 Å². The molecule has 3 rings (SSSR count). The van der Waals surface area contributed by atoms with Crippen LogP contribution in [0.5, 0.6) is 5.75 Å². The third-order valence-corrected chi connectivity index (χ3v) is 3.46. The zero-order valence-corrected chi connectivity index (χ0v) is 12.4. The number of hydrogen-bond donors (Lipinski definition) is 4. The first-order valence-electron chi connectivity index (χ1n) is 7.02. The summed E-state index contributed by atoms with van der Waals surface area (Å²) in [6.45, 7) is 1.96. The van der Waals surface area contributed by atoms with Crippen molar-refractivity contribution in [2.45, 2.75) is 6.92 Å². The van der Waals surface area contributed by atoms with Crippen LogP contribution in [0.2, 0.25) is 0 Å². The molecule has 0 aliphatic rings. The minimum absolute atomic E-state index is 0.0834. The monoisotopic (exact) mass is 309 g/mol. The Kier molecular flexibility index (Phi) is 3.72. The fraction of sp³-hybridized carbons (Fsp3) is 0.0588. The van der Waals surface area contributed by atoms with Crippen LogP contribution in [0.15, 0.2) is 48.5 Å². The SMILES string of the molecule is Cc1ccc2cc(C(=O)NNC(=O)c3ccccc3O)[nH]c2c1. The van der Waals surface area contributed by atoms with Crippen LogP contribution in [0, 0.1) is 6.92 Å². The number of carbonyl (C=O) groups is 2. The number of aromatic amines is 1. The largest absolute Gasteiger partial charge is 0.507 e. The van der Waals surface area contributed by atoms with Crippen LogP contribution in [0.4, 0.5) is 0 Å². The van der Waals surface area contributed by atoms with Gasteiger partial charge in [-0.2, -0.15) is 0 Å². The molecule has 1 heterocycles. The Balaban J connectivity index is 1.71. The van der Waals surface area contributed by atoms with E-state index in [1.165, 1.54) is 12.1 Å². The summed E-state index contributed by atoms with van der Waals surface area (Å²) in [4.78, 5) is 27.0. The molecule has 2 aromatic carbocycles. The molecular weight excluding hydrogens is 294 g/mol. The maximum absolute atomic E-state index is 12.1. The molecule has 4 N–H and O–H groups in total. The average molecular weight is 309 g/mol. The number of amides is 2. The van der Waals surface area contributed by atoms with Gasteiger partial charge in [-0.15, -0.1) is 0 Å². The van der Waals surface area contributed by atoms with E-state index >= 15 is 0 Å². The molecule has 0 fully saturated rings. The summed E-state index contributed by atoms with van der Waals surface area (Å²) in [6.07, 6.45) is 0. The zero-order chi connectivity index (χ0) is 16.4. The second-order valence-electron chi connectivity index (χ2n) is 5.20. The molecule has 0 saturated heterocycles. The van der Waals surface area contributed by atoms with Crippen molar-refractivity contribution in [2.75, 3.05) is 0 Å². The Labute approximate surface area is 132 Å². The molecule has 1 aromatic heterocycles. The third kappa shape index (κ3) is 3.01. The first kappa shape index (κ1) is 14.6. The molecule has 0 atom stereocenters. The van der Waals surface area contributed by atoms with Crippen LogP contribution in [-0.4, -0.2) is 21.9 Å². The van der Waals surface area contributed by atoms with Crippen LogP contribution in [0.1, 0.15) is 26.4 Å². The van der Waals surface area contributed by atoms with Gasteiger partial charge in [-0.05, 0) is 36.8 Å². The molecular formula is C17H15N3O3. The lowest BCUT2D eigenvalue weighted by molar-refractivity contribution is 0.0843. The number of carbonyl (C=O) groups excluding carboxylic acids is 2. The highest BCUT2D eigenvalue weighted by molar-refractivity contribution is 6.01. The van der Waals surface area contributed by atoms with E-state index in [9.17, 15) is 14.7 Å². The molecule has 0 aliphatic heterocycles. The Morgan fingerprint density at radius 1 is 1.00 bits per heavy atom. The second-order valence-corrected chi connectivity index (χ2v) is 5.20. The fourth-order valence-corrected chi connectivity index (χ4v) is 2.28. The number of hydrogen-bond acceptors (Lipinski definition) is 3. The number of phenolic OH excluding ortho intramolecular Hbond substituents is 1. The maximum atomic E-state index is 12.1. The minimum Gasteiger partial charge on any atom is -0.507 e. The van der Waals surface area contributed by atoms with Crippen molar-refractivity contribution in [3.8, 4) is 5.75 Å². The number of phenols is 1. The van der Waals surface area contributed by atoms with E-state index in [-0.39, 0.29) is 11.3 Å². The molecule has 6 nitrogen and oxygen atoms in total. The molecule has 0 saturated carbocycles. The number of benzene rings is 2. The minimum atomic E-state index is -0.594. The molecule has 6 heteroatoms. The van der Waals surface area contributed by atoms with Crippen molar-refractivity contribution in [1.82, 2.24) is 15.8 Å². The number of rotatable bonds is 2. The number of hydrazine groups is 1. The summed E-state index contributed by atoms with van der Waals surface area (Å²) in [7, 11) is 0. The van der Waals surface area contributed by atoms with Gasteiger partial charge in [0.25, 0.3) is 11.8 Å². The van der Waals surface area contributed by atoms with Crippen LogP contribution in [0.3, 0.4) is 0 Å². The normalized spacial score (nSPS) is 10.5. The highest BCUT2D eigenvalue weighted by Crippen LogP contribution is 2.17. The quantitative estimate of drug-likeness (QED) is 0.547. The summed E-state index contributed by atoms with van der Waals surface area (Å²) in [5.41, 5.74) is 6.95. The lowest BCUT2D eigenvalue weighted by Gasteiger charge is -2.07. The van der Waals surface area contributed by atoms with E-state index in [1.54, 1.807) is 18.2 Å². The lowest BCUT2D eigenvalue weighted by atomic mass is 10.2. The number of aryl methyl sites for hydroxylation is 1. The number of aromatic hydroxyl groups is 1. The maximum Gasteiger partial charge on any atom is 0.286 e. The van der Waals surface area contributed by atoms with Gasteiger partial charge in [-0.25, -0.2) is 0 Å². The number of aromatic nitrogens is 1. The van der Waals surface area contributed by atoms with Crippen molar-refractivity contribution >= 4 is 22.7 Å². The molecule has 23 heavy (non-hydrogen) atoms. The molecule has 0 unspecified atom stereocenters. The van der Waals surface area contributed by atoms with E-state index < -0.39 is 11.8 Å². The second kappa shape index (κ2) is 5.84. The molecule has 0 radical (unpaired) electrons. The van der Waals surface area contributed by atoms with Crippen molar-refractivity contribution in [3.63, 3.8) is 0 Å². The van der Waals surface area contributed by atoms with Crippen LogP contribution in [-0.2, 0) is 0 Å². The van der Waals surface area contributed by atoms with Crippen molar-refractivity contribution in [1.29, 1.82) is 0 Å². The molecule has 116 valence electrons. The van der Waals surface area contributed by atoms with Crippen LogP contribution in [0.25, 0.3) is 10.9 Å². The standard InChI is InChI=1S/C17H15N3O3/c1-10-6-7-11-9-14(18-13(11)8-10)17(23)20-19-16(22)12-4-2-3-5-15(12)21/h2-9,18,21H,1H3,(H,19,22)(H,20,23). The van der Waals surface area contributed by atoms with E-state index in [0.29, 0.717) is 5.69 Å². The van der Waals surface area contributed by atoms with E-state index in [2.05, 4.69) is 15.8 Å². The Morgan fingerprint density at radius 2 is 1.74 bits per heavy atom. The van der Waals surface area contributed by atoms with E-state index in [0.717, 1.165) is 16.5 Å². The number of para-hydroxylation sites is 1. The first-order chi connectivity index (χ1) is 11.0. The summed E-state index contributed by atoms with van der Waals surface area (Å²) in [6, 6.07) is 13.6. The van der Waals surface area contributed by atoms with Gasteiger partial charge in [0.1, 0.15) is 11.4 Å². The predicted octanol–water partition coefficient (Wildman–Crippen LogP) is 2.26. The number of nitrogens with one attached hydrogen (secondary N) is 3. The molecule has 0 bridgehead atoms. The summed E-state index contributed by atoms with van der Waals surface area (Å²) in [5.74, 6) is -1.22. The molecule has 0 spiro atoms. The van der Waals surface area contributed by atoms with Gasteiger partial charge < -0.3 is 10.1 Å². The molecule has 3 aromatic rings. The average Bonchev–Trinajstić information content (AvgIpc) is 2.95. The van der Waals surface area contributed by atoms with Gasteiger partial charge in [0.15, 0.2) is 0 Å². The predicted molar refractivity (Wildman–Crippen MR) is 86.1 cm³/mol. The van der Waals surface area contributed by atoms with E-state index in [4.69, 9.17) is 0 Å².